The number of carbonyl (C=O) groups is 1. The van der Waals surface area contributed by atoms with Gasteiger partial charge in [-0.05, 0) is 36.2 Å². The monoisotopic (exact) mass is 434 g/mol. The van der Waals surface area contributed by atoms with Gasteiger partial charge < -0.3 is 9.88 Å². The predicted molar refractivity (Wildman–Crippen MR) is 123 cm³/mol. The van der Waals surface area contributed by atoms with Gasteiger partial charge in [0.15, 0.2) is 0 Å². The van der Waals surface area contributed by atoms with Gasteiger partial charge in [-0.1, -0.05) is 71.7 Å². The zero-order valence-electron chi connectivity index (χ0n) is 16.2. The molecule has 0 radical (unpaired) electrons. The average Bonchev–Trinajstić information content (AvgIpc) is 3.29. The highest BCUT2D eigenvalue weighted by molar-refractivity contribution is 6.36. The molecule has 0 saturated carbocycles. The zero-order chi connectivity index (χ0) is 20.7. The number of likely N-dealkylation sites (tertiary alicyclic amines) is 1. The summed E-state index contributed by atoms with van der Waals surface area (Å²) in [5.74, 6) is 0.183. The number of benzene rings is 3. The van der Waals surface area contributed by atoms with Gasteiger partial charge >= 0.3 is 0 Å². The summed E-state index contributed by atoms with van der Waals surface area (Å²) in [5, 5.41) is 2.31. The molecule has 5 rings (SSSR count). The predicted octanol–water partition coefficient (Wildman–Crippen LogP) is 7.01. The molecule has 0 spiro atoms. The van der Waals surface area contributed by atoms with Crippen LogP contribution in [-0.2, 0) is 11.3 Å². The number of carbonyl (C=O) groups excluding carboxylic acids is 1. The van der Waals surface area contributed by atoms with Gasteiger partial charge in [0.1, 0.15) is 0 Å². The van der Waals surface area contributed by atoms with E-state index in [1.165, 1.54) is 0 Å². The van der Waals surface area contributed by atoms with Crippen LogP contribution in [0.2, 0.25) is 10.0 Å². The molecular weight excluding hydrogens is 415 g/mol. The second-order valence-corrected chi connectivity index (χ2v) is 8.49. The highest BCUT2D eigenvalue weighted by atomic mass is 35.5. The van der Waals surface area contributed by atoms with Crippen molar-refractivity contribution in [1.29, 1.82) is 0 Å². The number of aromatic nitrogens is 1. The first-order valence-electron chi connectivity index (χ1n) is 10.0. The van der Waals surface area contributed by atoms with E-state index in [9.17, 15) is 4.79 Å². The average molecular weight is 435 g/mol. The largest absolute Gasteiger partial charge is 0.354 e. The molecule has 1 amide bonds. The van der Waals surface area contributed by atoms with Gasteiger partial charge in [-0.3, -0.25) is 4.79 Å². The Balaban J connectivity index is 1.66. The van der Waals surface area contributed by atoms with Gasteiger partial charge in [0, 0.05) is 40.0 Å². The molecule has 1 aliphatic rings. The van der Waals surface area contributed by atoms with E-state index in [1.54, 1.807) is 6.07 Å². The van der Waals surface area contributed by atoms with E-state index in [0.29, 0.717) is 23.0 Å². The lowest BCUT2D eigenvalue weighted by Gasteiger charge is -2.26. The van der Waals surface area contributed by atoms with Crippen molar-refractivity contribution in [1.82, 2.24) is 9.88 Å². The highest BCUT2D eigenvalue weighted by Gasteiger charge is 2.35. The Labute approximate surface area is 185 Å². The minimum absolute atomic E-state index is 0.0180. The van der Waals surface area contributed by atoms with Crippen LogP contribution in [0.5, 0.6) is 0 Å². The van der Waals surface area contributed by atoms with Crippen LogP contribution in [0.1, 0.15) is 30.0 Å². The zero-order valence-corrected chi connectivity index (χ0v) is 17.8. The molecule has 1 aromatic heterocycles. The van der Waals surface area contributed by atoms with Gasteiger partial charge in [-0.2, -0.15) is 0 Å². The van der Waals surface area contributed by atoms with E-state index in [-0.39, 0.29) is 11.9 Å². The molecule has 1 saturated heterocycles. The molecule has 3 nitrogen and oxygen atoms in total. The maximum Gasteiger partial charge on any atom is 0.223 e. The van der Waals surface area contributed by atoms with Crippen LogP contribution in [-0.4, -0.2) is 15.8 Å². The lowest BCUT2D eigenvalue weighted by molar-refractivity contribution is -0.129. The molecule has 1 N–H and O–H groups in total. The number of aromatic amines is 1. The number of para-hydroxylation sites is 1. The lowest BCUT2D eigenvalue weighted by atomic mass is 9.96. The van der Waals surface area contributed by atoms with Crippen molar-refractivity contribution in [2.75, 3.05) is 0 Å². The Morgan fingerprint density at radius 3 is 2.53 bits per heavy atom. The smallest absolute Gasteiger partial charge is 0.223 e. The maximum absolute atomic E-state index is 12.9. The van der Waals surface area contributed by atoms with E-state index < -0.39 is 0 Å². The van der Waals surface area contributed by atoms with Crippen molar-refractivity contribution in [3.05, 3.63) is 94.0 Å². The van der Waals surface area contributed by atoms with Crippen LogP contribution < -0.4 is 0 Å². The van der Waals surface area contributed by atoms with E-state index in [4.69, 9.17) is 23.2 Å². The van der Waals surface area contributed by atoms with Crippen LogP contribution >= 0.6 is 23.2 Å². The Kier molecular flexibility index (Phi) is 5.01. The topological polar surface area (TPSA) is 36.1 Å². The molecule has 1 atom stereocenters. The maximum atomic E-state index is 12.9. The fourth-order valence-electron chi connectivity index (χ4n) is 4.43. The first-order valence-corrected chi connectivity index (χ1v) is 10.8. The van der Waals surface area contributed by atoms with Crippen molar-refractivity contribution < 1.29 is 4.79 Å². The number of hydrogen-bond acceptors (Lipinski definition) is 1. The SMILES string of the molecule is O=C1CC[C@@H](c2c(-c3ccc(Cl)cc3Cl)[nH]c3ccccc23)N1Cc1ccccc1. The molecular formula is C25H20Cl2N2O. The number of nitrogens with zero attached hydrogens (tertiary/aromatic N) is 1. The molecule has 0 aliphatic carbocycles. The van der Waals surface area contributed by atoms with Gasteiger partial charge in [0.25, 0.3) is 0 Å². The molecule has 0 unspecified atom stereocenters. The van der Waals surface area contributed by atoms with E-state index >= 15 is 0 Å². The number of hydrogen-bond donors (Lipinski definition) is 1. The third-order valence-electron chi connectivity index (χ3n) is 5.80. The summed E-state index contributed by atoms with van der Waals surface area (Å²) >= 11 is 12.7. The normalized spacial score (nSPS) is 16.5. The van der Waals surface area contributed by atoms with Crippen LogP contribution in [0.4, 0.5) is 0 Å². The Bertz CT molecular complexity index is 1230. The molecule has 5 heteroatoms. The molecule has 3 aromatic carbocycles. The third-order valence-corrected chi connectivity index (χ3v) is 6.35. The number of H-pyrrole nitrogens is 1. The van der Waals surface area contributed by atoms with Gasteiger partial charge in [0.05, 0.1) is 16.8 Å². The lowest BCUT2D eigenvalue weighted by Crippen LogP contribution is -2.27. The van der Waals surface area contributed by atoms with Crippen LogP contribution in [0, 0.1) is 0 Å². The molecule has 150 valence electrons. The number of fused-ring (bicyclic) bond motifs is 1. The Hall–Kier alpha value is -2.75. The summed E-state index contributed by atoms with van der Waals surface area (Å²) in [7, 11) is 0. The second kappa shape index (κ2) is 7.82. The highest BCUT2D eigenvalue weighted by Crippen LogP contribution is 2.44. The number of nitrogens with one attached hydrogen (secondary N) is 1. The second-order valence-electron chi connectivity index (χ2n) is 7.65. The fraction of sp³-hybridized carbons (Fsp3) is 0.160. The Morgan fingerprint density at radius 1 is 0.967 bits per heavy atom. The molecule has 2 heterocycles. The summed E-state index contributed by atoms with van der Waals surface area (Å²) in [6, 6.07) is 23.9. The first kappa shape index (κ1) is 19.2. The number of halogens is 2. The van der Waals surface area contributed by atoms with E-state index in [1.807, 2.05) is 47.4 Å². The van der Waals surface area contributed by atoms with Crippen molar-refractivity contribution in [2.45, 2.75) is 25.4 Å². The van der Waals surface area contributed by atoms with Gasteiger partial charge in [-0.15, -0.1) is 0 Å². The van der Waals surface area contributed by atoms with E-state index in [0.717, 1.165) is 39.7 Å². The first-order chi connectivity index (χ1) is 14.6. The summed E-state index contributed by atoms with van der Waals surface area (Å²) in [4.78, 5) is 18.4. The van der Waals surface area contributed by atoms with Crippen molar-refractivity contribution in [3.8, 4) is 11.3 Å². The van der Waals surface area contributed by atoms with Gasteiger partial charge in [-0.25, -0.2) is 0 Å². The quantitative estimate of drug-likeness (QED) is 0.368. The Morgan fingerprint density at radius 2 is 1.73 bits per heavy atom. The number of amides is 1. The summed E-state index contributed by atoms with van der Waals surface area (Å²) < 4.78 is 0. The molecule has 1 fully saturated rings. The molecule has 0 bridgehead atoms. The van der Waals surface area contributed by atoms with Crippen molar-refractivity contribution >= 4 is 40.0 Å². The van der Waals surface area contributed by atoms with Crippen LogP contribution in [0.25, 0.3) is 22.2 Å². The van der Waals surface area contributed by atoms with Crippen LogP contribution in [0.15, 0.2) is 72.8 Å². The van der Waals surface area contributed by atoms with Gasteiger partial charge in [0.2, 0.25) is 5.91 Å². The molecule has 4 aromatic rings. The minimum Gasteiger partial charge on any atom is -0.354 e. The van der Waals surface area contributed by atoms with Crippen LogP contribution in [0.3, 0.4) is 0 Å². The standard InChI is InChI=1S/C25H20Cl2N2O/c26-17-10-11-18(20(27)14-17)25-24(19-8-4-5-9-21(19)28-25)22-12-13-23(30)29(22)15-16-6-2-1-3-7-16/h1-11,14,22,28H,12-13,15H2/t22-/m0/s1. The van der Waals surface area contributed by atoms with Crippen molar-refractivity contribution in [2.24, 2.45) is 0 Å². The summed E-state index contributed by atoms with van der Waals surface area (Å²) in [6.07, 6.45) is 1.33. The fourth-order valence-corrected chi connectivity index (χ4v) is 4.93. The van der Waals surface area contributed by atoms with E-state index in [2.05, 4.69) is 29.2 Å². The van der Waals surface area contributed by atoms with Crippen molar-refractivity contribution in [3.63, 3.8) is 0 Å². The minimum atomic E-state index is -0.0180. The molecule has 1 aliphatic heterocycles. The number of rotatable bonds is 4. The third kappa shape index (κ3) is 3.38. The summed E-state index contributed by atoms with van der Waals surface area (Å²) in [6.45, 7) is 0.595. The summed E-state index contributed by atoms with van der Waals surface area (Å²) in [5.41, 5.74) is 5.13. The molecule has 30 heavy (non-hydrogen) atoms.